The summed E-state index contributed by atoms with van der Waals surface area (Å²) in [6, 6.07) is 4.57. The van der Waals surface area contributed by atoms with Gasteiger partial charge in [-0.3, -0.25) is 0 Å². The van der Waals surface area contributed by atoms with Crippen LogP contribution in [0.1, 0.15) is 5.56 Å². The largest absolute Gasteiger partial charge is 0.496 e. The summed E-state index contributed by atoms with van der Waals surface area (Å²) in [6.45, 7) is 0.232. The van der Waals surface area contributed by atoms with Gasteiger partial charge in [-0.25, -0.2) is 13.1 Å². The Bertz CT molecular complexity index is 443. The summed E-state index contributed by atoms with van der Waals surface area (Å²) >= 11 is 0. The van der Waals surface area contributed by atoms with Gasteiger partial charge in [-0.1, -0.05) is 0 Å². The van der Waals surface area contributed by atoms with Gasteiger partial charge in [0.05, 0.1) is 12.0 Å². The molecule has 0 aliphatic rings. The summed E-state index contributed by atoms with van der Waals surface area (Å²) < 4.78 is 30.2. The fourth-order valence-electron chi connectivity index (χ4n) is 1.20. The second-order valence-corrected chi connectivity index (χ2v) is 4.77. The predicted molar refractivity (Wildman–Crippen MR) is 57.1 cm³/mol. The number of hydrogen-bond donors (Lipinski definition) is 2. The van der Waals surface area contributed by atoms with Gasteiger partial charge >= 0.3 is 0 Å². The lowest BCUT2D eigenvalue weighted by Crippen LogP contribution is -2.19. The normalized spacial score (nSPS) is 11.4. The molecule has 0 unspecified atom stereocenters. The van der Waals surface area contributed by atoms with E-state index in [1.807, 2.05) is 0 Å². The lowest BCUT2D eigenvalue weighted by atomic mass is 10.2. The molecular formula is C9H14N2O3S. The second-order valence-electron chi connectivity index (χ2n) is 2.89. The van der Waals surface area contributed by atoms with Crippen LogP contribution < -0.4 is 15.2 Å². The standard InChI is InChI=1S/C9H14N2O3S/c1-11-15(12,13)8-3-4-9(14-2)7(5-8)6-10/h3-5,11H,6,10H2,1-2H3. The summed E-state index contributed by atoms with van der Waals surface area (Å²) in [6.07, 6.45) is 0. The quantitative estimate of drug-likeness (QED) is 0.766. The smallest absolute Gasteiger partial charge is 0.240 e. The molecule has 0 heterocycles. The molecule has 15 heavy (non-hydrogen) atoms. The zero-order valence-electron chi connectivity index (χ0n) is 8.65. The van der Waals surface area contributed by atoms with Gasteiger partial charge in [0, 0.05) is 12.1 Å². The highest BCUT2D eigenvalue weighted by Crippen LogP contribution is 2.21. The number of benzene rings is 1. The SMILES string of the molecule is CNS(=O)(=O)c1ccc(OC)c(CN)c1. The van der Waals surface area contributed by atoms with E-state index in [2.05, 4.69) is 4.72 Å². The van der Waals surface area contributed by atoms with E-state index >= 15 is 0 Å². The zero-order chi connectivity index (χ0) is 11.5. The Morgan fingerprint density at radius 2 is 2.13 bits per heavy atom. The third-order valence-electron chi connectivity index (χ3n) is 2.05. The number of nitrogens with one attached hydrogen (secondary N) is 1. The van der Waals surface area contributed by atoms with E-state index in [1.165, 1.54) is 26.3 Å². The second kappa shape index (κ2) is 4.61. The number of methoxy groups -OCH3 is 1. The number of ether oxygens (including phenoxy) is 1. The summed E-state index contributed by atoms with van der Waals surface area (Å²) in [5, 5.41) is 0. The molecule has 84 valence electrons. The van der Waals surface area contributed by atoms with E-state index in [1.54, 1.807) is 6.07 Å². The fraction of sp³-hybridized carbons (Fsp3) is 0.333. The summed E-state index contributed by atoms with van der Waals surface area (Å²) in [4.78, 5) is 0.186. The van der Waals surface area contributed by atoms with Gasteiger partial charge in [0.1, 0.15) is 5.75 Å². The van der Waals surface area contributed by atoms with Crippen LogP contribution in [-0.4, -0.2) is 22.6 Å². The van der Waals surface area contributed by atoms with Crippen LogP contribution in [-0.2, 0) is 16.6 Å². The highest BCUT2D eigenvalue weighted by Gasteiger charge is 2.13. The van der Waals surface area contributed by atoms with Gasteiger partial charge < -0.3 is 10.5 Å². The van der Waals surface area contributed by atoms with Crippen molar-refractivity contribution in [3.63, 3.8) is 0 Å². The van der Waals surface area contributed by atoms with Crippen LogP contribution in [0.15, 0.2) is 23.1 Å². The van der Waals surface area contributed by atoms with Crippen molar-refractivity contribution in [3.05, 3.63) is 23.8 Å². The molecule has 0 radical (unpaired) electrons. The van der Waals surface area contributed by atoms with Gasteiger partial charge in [0.15, 0.2) is 0 Å². The first-order valence-electron chi connectivity index (χ1n) is 4.35. The van der Waals surface area contributed by atoms with Crippen LogP contribution in [0.4, 0.5) is 0 Å². The lowest BCUT2D eigenvalue weighted by Gasteiger charge is -2.09. The number of sulfonamides is 1. The molecule has 0 aliphatic heterocycles. The predicted octanol–water partition coefficient (Wildman–Crippen LogP) is 0.0620. The molecule has 1 aromatic rings. The molecule has 0 aliphatic carbocycles. The first kappa shape index (κ1) is 12.0. The molecule has 0 spiro atoms. The molecule has 5 nitrogen and oxygen atoms in total. The Kier molecular flexibility index (Phi) is 3.67. The molecule has 1 aromatic carbocycles. The van der Waals surface area contributed by atoms with Crippen LogP contribution >= 0.6 is 0 Å². The maximum absolute atomic E-state index is 11.5. The minimum atomic E-state index is -3.42. The van der Waals surface area contributed by atoms with E-state index in [0.29, 0.717) is 11.3 Å². The van der Waals surface area contributed by atoms with Crippen LogP contribution in [0.5, 0.6) is 5.75 Å². The number of rotatable bonds is 4. The van der Waals surface area contributed by atoms with Crippen molar-refractivity contribution in [2.45, 2.75) is 11.4 Å². The van der Waals surface area contributed by atoms with Crippen molar-refractivity contribution in [3.8, 4) is 5.75 Å². The van der Waals surface area contributed by atoms with Gasteiger partial charge in [-0.05, 0) is 25.2 Å². The summed E-state index contributed by atoms with van der Waals surface area (Å²) in [7, 11) is -0.539. The van der Waals surface area contributed by atoms with E-state index in [4.69, 9.17) is 10.5 Å². The third-order valence-corrected chi connectivity index (χ3v) is 3.46. The summed E-state index contributed by atoms with van der Waals surface area (Å²) in [5.74, 6) is 0.590. The first-order valence-corrected chi connectivity index (χ1v) is 5.84. The van der Waals surface area contributed by atoms with Crippen molar-refractivity contribution < 1.29 is 13.2 Å². The molecule has 0 saturated carbocycles. The molecule has 0 bridgehead atoms. The Morgan fingerprint density at radius 1 is 1.47 bits per heavy atom. The molecule has 0 fully saturated rings. The van der Waals surface area contributed by atoms with Gasteiger partial charge in [-0.2, -0.15) is 0 Å². The van der Waals surface area contributed by atoms with Gasteiger partial charge in [0.2, 0.25) is 10.0 Å². The Morgan fingerprint density at radius 3 is 2.60 bits per heavy atom. The highest BCUT2D eigenvalue weighted by molar-refractivity contribution is 7.89. The Labute approximate surface area is 89.3 Å². The molecule has 6 heteroatoms. The van der Waals surface area contributed by atoms with Crippen LogP contribution in [0.25, 0.3) is 0 Å². The number of nitrogens with two attached hydrogens (primary N) is 1. The molecular weight excluding hydrogens is 216 g/mol. The lowest BCUT2D eigenvalue weighted by molar-refractivity contribution is 0.409. The summed E-state index contributed by atoms with van der Waals surface area (Å²) in [5.41, 5.74) is 6.15. The highest BCUT2D eigenvalue weighted by atomic mass is 32.2. The van der Waals surface area contributed by atoms with Crippen molar-refractivity contribution in [1.82, 2.24) is 4.72 Å². The monoisotopic (exact) mass is 230 g/mol. The molecule has 0 saturated heterocycles. The Balaban J connectivity index is 3.26. The van der Waals surface area contributed by atoms with Crippen molar-refractivity contribution in [2.24, 2.45) is 5.73 Å². The maximum Gasteiger partial charge on any atom is 0.240 e. The fourth-order valence-corrected chi connectivity index (χ4v) is 1.98. The molecule has 0 amide bonds. The van der Waals surface area contributed by atoms with Gasteiger partial charge in [0.25, 0.3) is 0 Å². The Hall–Kier alpha value is -1.11. The number of hydrogen-bond acceptors (Lipinski definition) is 4. The topological polar surface area (TPSA) is 81.4 Å². The zero-order valence-corrected chi connectivity index (χ0v) is 9.47. The minimum absolute atomic E-state index is 0.186. The van der Waals surface area contributed by atoms with Crippen LogP contribution in [0, 0.1) is 0 Å². The molecule has 1 rings (SSSR count). The average molecular weight is 230 g/mol. The van der Waals surface area contributed by atoms with E-state index in [-0.39, 0.29) is 11.4 Å². The minimum Gasteiger partial charge on any atom is -0.496 e. The van der Waals surface area contributed by atoms with Gasteiger partial charge in [-0.15, -0.1) is 0 Å². The molecule has 0 aromatic heterocycles. The van der Waals surface area contributed by atoms with E-state index in [0.717, 1.165) is 0 Å². The van der Waals surface area contributed by atoms with Crippen LogP contribution in [0.3, 0.4) is 0 Å². The van der Waals surface area contributed by atoms with Crippen molar-refractivity contribution >= 4 is 10.0 Å². The van der Waals surface area contributed by atoms with Crippen molar-refractivity contribution in [2.75, 3.05) is 14.2 Å². The molecule has 0 atom stereocenters. The van der Waals surface area contributed by atoms with E-state index < -0.39 is 10.0 Å². The van der Waals surface area contributed by atoms with Crippen molar-refractivity contribution in [1.29, 1.82) is 0 Å². The third kappa shape index (κ3) is 2.47. The molecule has 3 N–H and O–H groups in total. The van der Waals surface area contributed by atoms with E-state index in [9.17, 15) is 8.42 Å². The maximum atomic E-state index is 11.5. The average Bonchev–Trinajstić information content (AvgIpc) is 2.28. The van der Waals surface area contributed by atoms with Crippen LogP contribution in [0.2, 0.25) is 0 Å². The first-order chi connectivity index (χ1) is 7.05.